The third-order valence-corrected chi connectivity index (χ3v) is 29.2. The van der Waals surface area contributed by atoms with E-state index >= 15 is 0 Å². The van der Waals surface area contributed by atoms with Crippen LogP contribution in [0.4, 0.5) is 26.3 Å². The number of para-hydroxylation sites is 2. The molecule has 0 atom stereocenters. The SMILES string of the molecule is CCCC[Si](CCCC)(CCCC)c1ccc(P(c2ccc([Si](CCCC)(CCCC)CCCC)cc2)N(C)P(c2ccccc2OC(F)(F)F)c2ccccc2OC(F)(F)F)cc1. The molecule has 354 valence electrons. The Balaban J connectivity index is 2.04. The summed E-state index contributed by atoms with van der Waals surface area (Å²) in [5.41, 5.74) is 0. The summed E-state index contributed by atoms with van der Waals surface area (Å²) < 4.78 is 96.1. The quantitative estimate of drug-likeness (QED) is 0.0322. The summed E-state index contributed by atoms with van der Waals surface area (Å²) >= 11 is 0. The van der Waals surface area contributed by atoms with Gasteiger partial charge in [0, 0.05) is 26.8 Å². The molecule has 0 saturated carbocycles. The van der Waals surface area contributed by atoms with E-state index in [4.69, 9.17) is 0 Å². The number of benzene rings is 4. The molecule has 0 heterocycles. The maximum Gasteiger partial charge on any atom is 0.573 e. The fraction of sp³-hybridized carbons (Fsp3) is 0.529. The van der Waals surface area contributed by atoms with E-state index in [0.717, 1.165) is 49.1 Å². The fourth-order valence-electron chi connectivity index (χ4n) is 9.32. The summed E-state index contributed by atoms with van der Waals surface area (Å²) in [6.45, 7) is 13.5. The van der Waals surface area contributed by atoms with Gasteiger partial charge in [0.15, 0.2) is 0 Å². The zero-order valence-corrected chi connectivity index (χ0v) is 43.2. The van der Waals surface area contributed by atoms with Gasteiger partial charge in [0.1, 0.15) is 11.5 Å². The molecule has 3 nitrogen and oxygen atoms in total. The van der Waals surface area contributed by atoms with Crippen molar-refractivity contribution < 1.29 is 35.8 Å². The normalized spacial score (nSPS) is 12.8. The van der Waals surface area contributed by atoms with Gasteiger partial charge in [-0.1, -0.05) is 238 Å². The van der Waals surface area contributed by atoms with Crippen molar-refractivity contribution in [3.8, 4) is 11.5 Å². The van der Waals surface area contributed by atoms with Gasteiger partial charge in [-0.05, 0) is 41.9 Å². The highest BCUT2D eigenvalue weighted by Crippen LogP contribution is 2.56. The van der Waals surface area contributed by atoms with E-state index in [2.05, 4.69) is 99.5 Å². The lowest BCUT2D eigenvalue weighted by Crippen LogP contribution is -2.48. The number of hydrogen-bond donors (Lipinski definition) is 0. The molecule has 0 radical (unpaired) electrons. The van der Waals surface area contributed by atoms with Crippen molar-refractivity contribution in [3.63, 3.8) is 0 Å². The second-order valence-electron chi connectivity index (χ2n) is 17.4. The van der Waals surface area contributed by atoms with Gasteiger partial charge < -0.3 is 9.47 Å². The first-order valence-corrected chi connectivity index (χ1v) is 31.7. The number of unbranched alkanes of at least 4 members (excludes halogenated alkanes) is 6. The highest BCUT2D eigenvalue weighted by molar-refractivity contribution is 7.84. The number of ether oxygens (including phenoxy) is 2. The molecule has 0 spiro atoms. The third-order valence-electron chi connectivity index (χ3n) is 12.7. The van der Waals surface area contributed by atoms with E-state index in [1.165, 1.54) is 122 Å². The molecule has 4 aromatic rings. The van der Waals surface area contributed by atoms with Crippen molar-refractivity contribution in [1.29, 1.82) is 0 Å². The van der Waals surface area contributed by atoms with Crippen LogP contribution in [0.1, 0.15) is 119 Å². The van der Waals surface area contributed by atoms with Crippen molar-refractivity contribution in [1.82, 2.24) is 4.44 Å². The zero-order chi connectivity index (χ0) is 46.8. The molecule has 0 fully saturated rings. The molecule has 4 rings (SSSR count). The van der Waals surface area contributed by atoms with Crippen LogP contribution in [0.5, 0.6) is 11.5 Å². The van der Waals surface area contributed by atoms with Gasteiger partial charge in [0.05, 0.1) is 16.1 Å². The topological polar surface area (TPSA) is 21.7 Å². The molecule has 0 amide bonds. The minimum Gasteiger partial charge on any atom is -0.405 e. The number of halogens is 6. The van der Waals surface area contributed by atoms with Crippen LogP contribution in [0.15, 0.2) is 97.1 Å². The van der Waals surface area contributed by atoms with Crippen LogP contribution in [0, 0.1) is 0 Å². The minimum atomic E-state index is -5.03. The van der Waals surface area contributed by atoms with E-state index < -0.39 is 56.5 Å². The molecule has 0 bridgehead atoms. The van der Waals surface area contributed by atoms with Crippen LogP contribution in [0.3, 0.4) is 0 Å². The van der Waals surface area contributed by atoms with Gasteiger partial charge in [-0.3, -0.25) is 0 Å². The van der Waals surface area contributed by atoms with Gasteiger partial charge in [-0.15, -0.1) is 26.3 Å². The number of alkyl halides is 6. The molecular weight excluding hydrogens is 891 g/mol. The smallest absolute Gasteiger partial charge is 0.405 e. The maximum absolute atomic E-state index is 14.1. The van der Waals surface area contributed by atoms with Gasteiger partial charge in [-0.25, -0.2) is 4.44 Å². The number of hydrogen-bond acceptors (Lipinski definition) is 3. The molecule has 64 heavy (non-hydrogen) atoms. The molecular formula is C51H73F6NO2P2Si2. The van der Waals surface area contributed by atoms with Crippen molar-refractivity contribution in [2.45, 2.75) is 168 Å². The minimum absolute atomic E-state index is 0.145. The average Bonchev–Trinajstić information content (AvgIpc) is 3.27. The molecule has 0 aliphatic heterocycles. The van der Waals surface area contributed by atoms with E-state index in [1.54, 1.807) is 12.1 Å². The van der Waals surface area contributed by atoms with Gasteiger partial charge in [0.2, 0.25) is 0 Å². The Morgan fingerprint density at radius 1 is 0.422 bits per heavy atom. The summed E-state index contributed by atoms with van der Waals surface area (Å²) in [5.74, 6) is -0.903. The highest BCUT2D eigenvalue weighted by atomic mass is 31.2. The van der Waals surface area contributed by atoms with Crippen LogP contribution in [0.25, 0.3) is 0 Å². The summed E-state index contributed by atoms with van der Waals surface area (Å²) in [5, 5.41) is 5.14. The lowest BCUT2D eigenvalue weighted by molar-refractivity contribution is -0.275. The Kier molecular flexibility index (Phi) is 21.9. The van der Waals surface area contributed by atoms with E-state index in [1.807, 2.05) is 11.5 Å². The van der Waals surface area contributed by atoms with E-state index in [0.29, 0.717) is 0 Å². The molecule has 0 unspecified atom stereocenters. The lowest BCUT2D eigenvalue weighted by atomic mass is 10.3. The molecule has 0 aliphatic carbocycles. The summed E-state index contributed by atoms with van der Waals surface area (Å²) in [7, 11) is -5.60. The fourth-order valence-corrected chi connectivity index (χ4v) is 26.2. The second kappa shape index (κ2) is 26.0. The lowest BCUT2D eigenvalue weighted by Gasteiger charge is -2.38. The largest absolute Gasteiger partial charge is 0.573 e. The van der Waals surface area contributed by atoms with Gasteiger partial charge in [0.25, 0.3) is 0 Å². The summed E-state index contributed by atoms with van der Waals surface area (Å²) in [6.07, 6.45) is 3.89. The maximum atomic E-state index is 14.1. The second-order valence-corrected chi connectivity index (χ2v) is 31.5. The molecule has 0 aromatic heterocycles. The van der Waals surface area contributed by atoms with Crippen LogP contribution in [-0.4, -0.2) is 40.4 Å². The third kappa shape index (κ3) is 15.2. The Labute approximate surface area is 385 Å². The summed E-state index contributed by atoms with van der Waals surface area (Å²) in [6, 6.07) is 37.2. The Morgan fingerprint density at radius 2 is 0.703 bits per heavy atom. The number of nitrogens with zero attached hydrogens (tertiary/aromatic N) is 1. The van der Waals surface area contributed by atoms with Crippen molar-refractivity contribution in [2.75, 3.05) is 7.05 Å². The van der Waals surface area contributed by atoms with Crippen LogP contribution >= 0.6 is 16.1 Å². The zero-order valence-electron chi connectivity index (χ0n) is 39.4. The highest BCUT2D eigenvalue weighted by Gasteiger charge is 2.40. The van der Waals surface area contributed by atoms with E-state index in [-0.39, 0.29) is 10.6 Å². The molecule has 4 aromatic carbocycles. The first-order valence-electron chi connectivity index (χ1n) is 23.9. The first kappa shape index (κ1) is 53.9. The molecule has 13 heteroatoms. The monoisotopic (exact) mass is 963 g/mol. The van der Waals surface area contributed by atoms with Gasteiger partial charge >= 0.3 is 12.7 Å². The average molecular weight is 964 g/mol. The summed E-state index contributed by atoms with van der Waals surface area (Å²) in [4.78, 5) is 0. The van der Waals surface area contributed by atoms with E-state index in [9.17, 15) is 26.3 Å². The van der Waals surface area contributed by atoms with Crippen LogP contribution < -0.4 is 41.1 Å². The van der Waals surface area contributed by atoms with Crippen molar-refractivity contribution in [2.24, 2.45) is 0 Å². The number of rotatable bonds is 28. The Bertz CT molecular complexity index is 1770. The Hall–Kier alpha value is -2.69. The van der Waals surface area contributed by atoms with Crippen LogP contribution in [-0.2, 0) is 0 Å². The Morgan fingerprint density at radius 3 is 0.969 bits per heavy atom. The molecule has 0 N–H and O–H groups in total. The first-order chi connectivity index (χ1) is 30.6. The standard InChI is InChI=1S/C51H73F6NO2P2Si2/c1-8-14-36-63(37-15-9-2,38-16-10-3)44-32-28-42(29-33-44)61(43-30-34-45(35-31-43)64(39-17-11-4,40-18-12-5)41-19-13-6)58(7)62(48-26-22-20-24-46(48)59-50(52,53)54)49-27-23-21-25-47(49)60-51(55,56)57/h20-35H,8-19,36-41H2,1-7H3. The van der Waals surface area contributed by atoms with Gasteiger partial charge in [-0.2, -0.15) is 0 Å². The van der Waals surface area contributed by atoms with Crippen molar-refractivity contribution >= 4 is 63.9 Å². The predicted octanol–water partition coefficient (Wildman–Crippen LogP) is 14.9. The van der Waals surface area contributed by atoms with Crippen LogP contribution in [0.2, 0.25) is 36.3 Å². The molecule has 0 aliphatic rings. The van der Waals surface area contributed by atoms with Crippen molar-refractivity contribution in [3.05, 3.63) is 97.1 Å². The molecule has 0 saturated heterocycles. The predicted molar refractivity (Wildman–Crippen MR) is 268 cm³/mol.